The van der Waals surface area contributed by atoms with Gasteiger partial charge in [0.2, 0.25) is 0 Å². The molecule has 16 heavy (non-hydrogen) atoms. The van der Waals surface area contributed by atoms with E-state index in [0.717, 1.165) is 19.6 Å². The molecule has 4 heteroatoms. The van der Waals surface area contributed by atoms with Crippen molar-refractivity contribution in [2.45, 2.75) is 32.8 Å². The average Bonchev–Trinajstić information content (AvgIpc) is 2.21. The van der Waals surface area contributed by atoms with Gasteiger partial charge in [-0.05, 0) is 25.8 Å². The Balaban J connectivity index is 3.27. The van der Waals surface area contributed by atoms with Crippen LogP contribution in [0.1, 0.15) is 27.2 Å². The van der Waals surface area contributed by atoms with Crippen LogP contribution in [0, 0.1) is 5.92 Å². The summed E-state index contributed by atoms with van der Waals surface area (Å²) in [5.41, 5.74) is -0.628. The van der Waals surface area contributed by atoms with Crippen LogP contribution < -0.4 is 5.32 Å². The molecule has 1 atom stereocenters. The molecule has 0 aromatic rings. The highest BCUT2D eigenvalue weighted by Gasteiger charge is 2.23. The summed E-state index contributed by atoms with van der Waals surface area (Å²) in [6.45, 7) is 9.44. The molecule has 0 bridgehead atoms. The molecule has 0 spiro atoms. The van der Waals surface area contributed by atoms with E-state index in [9.17, 15) is 5.11 Å². The van der Waals surface area contributed by atoms with E-state index >= 15 is 0 Å². The maximum Gasteiger partial charge on any atom is 0.0766 e. The SMILES string of the molecule is COCCOCCCNCC(C)(O)C(C)C. The molecule has 0 radical (unpaired) electrons. The molecule has 4 nitrogen and oxygen atoms in total. The minimum Gasteiger partial charge on any atom is -0.389 e. The molecule has 0 heterocycles. The monoisotopic (exact) mass is 233 g/mol. The second kappa shape index (κ2) is 8.93. The zero-order valence-electron chi connectivity index (χ0n) is 11.1. The molecule has 0 aliphatic carbocycles. The first-order chi connectivity index (χ1) is 7.50. The van der Waals surface area contributed by atoms with Crippen molar-refractivity contribution in [3.8, 4) is 0 Å². The maximum atomic E-state index is 9.95. The van der Waals surface area contributed by atoms with Gasteiger partial charge < -0.3 is 19.9 Å². The summed E-state index contributed by atoms with van der Waals surface area (Å²) < 4.78 is 10.2. The lowest BCUT2D eigenvalue weighted by atomic mass is 9.92. The molecule has 0 saturated heterocycles. The van der Waals surface area contributed by atoms with Crippen LogP contribution >= 0.6 is 0 Å². The Hall–Kier alpha value is -0.160. The van der Waals surface area contributed by atoms with Crippen molar-refractivity contribution in [1.29, 1.82) is 0 Å². The Morgan fingerprint density at radius 3 is 2.50 bits per heavy atom. The zero-order valence-corrected chi connectivity index (χ0v) is 11.1. The maximum absolute atomic E-state index is 9.95. The Labute approximate surface area is 99.3 Å². The zero-order chi connectivity index (χ0) is 12.4. The normalized spacial score (nSPS) is 15.4. The van der Waals surface area contributed by atoms with E-state index in [1.165, 1.54) is 0 Å². The van der Waals surface area contributed by atoms with Crippen LogP contribution in [0.3, 0.4) is 0 Å². The highest BCUT2D eigenvalue weighted by molar-refractivity contribution is 4.78. The molecule has 2 N–H and O–H groups in total. The molecule has 0 amide bonds. The van der Waals surface area contributed by atoms with Crippen molar-refractivity contribution in [1.82, 2.24) is 5.32 Å². The summed E-state index contributed by atoms with van der Waals surface area (Å²) in [5, 5.41) is 13.2. The molecule has 0 fully saturated rings. The van der Waals surface area contributed by atoms with E-state index < -0.39 is 5.60 Å². The number of aliphatic hydroxyl groups is 1. The van der Waals surface area contributed by atoms with Crippen LogP contribution in [0.25, 0.3) is 0 Å². The fourth-order valence-corrected chi connectivity index (χ4v) is 1.09. The van der Waals surface area contributed by atoms with E-state index in [-0.39, 0.29) is 5.92 Å². The minimum atomic E-state index is -0.628. The standard InChI is InChI=1S/C12H27NO3/c1-11(2)12(3,14)10-13-6-5-7-16-9-8-15-4/h11,13-14H,5-10H2,1-4H3. The summed E-state index contributed by atoms with van der Waals surface area (Å²) in [6, 6.07) is 0. The van der Waals surface area contributed by atoms with E-state index in [1.54, 1.807) is 7.11 Å². The predicted molar refractivity (Wildman–Crippen MR) is 65.6 cm³/mol. The summed E-state index contributed by atoms with van der Waals surface area (Å²) >= 11 is 0. The molecule has 1 unspecified atom stereocenters. The van der Waals surface area contributed by atoms with Gasteiger partial charge in [-0.25, -0.2) is 0 Å². The largest absolute Gasteiger partial charge is 0.389 e. The molecule has 0 aliphatic heterocycles. The number of hydrogen-bond acceptors (Lipinski definition) is 4. The lowest BCUT2D eigenvalue weighted by Crippen LogP contribution is -2.42. The van der Waals surface area contributed by atoms with Crippen LogP contribution in [0.5, 0.6) is 0 Å². The van der Waals surface area contributed by atoms with Gasteiger partial charge in [0.25, 0.3) is 0 Å². The minimum absolute atomic E-state index is 0.262. The second-order valence-electron chi connectivity index (χ2n) is 4.65. The summed E-state index contributed by atoms with van der Waals surface area (Å²) in [6.07, 6.45) is 0.956. The molecule has 0 aromatic carbocycles. The second-order valence-corrected chi connectivity index (χ2v) is 4.65. The Morgan fingerprint density at radius 2 is 1.94 bits per heavy atom. The van der Waals surface area contributed by atoms with Crippen molar-refractivity contribution >= 4 is 0 Å². The molecular formula is C12H27NO3. The lowest BCUT2D eigenvalue weighted by molar-refractivity contribution is 0.0135. The van der Waals surface area contributed by atoms with Crippen molar-refractivity contribution in [2.75, 3.05) is 40.0 Å². The number of hydrogen-bond donors (Lipinski definition) is 2. The van der Waals surface area contributed by atoms with Crippen LogP contribution in [-0.4, -0.2) is 50.7 Å². The van der Waals surface area contributed by atoms with Gasteiger partial charge in [0, 0.05) is 20.3 Å². The van der Waals surface area contributed by atoms with Gasteiger partial charge in [0.15, 0.2) is 0 Å². The first-order valence-corrected chi connectivity index (χ1v) is 6.00. The van der Waals surface area contributed by atoms with Crippen molar-refractivity contribution in [3.63, 3.8) is 0 Å². The fourth-order valence-electron chi connectivity index (χ4n) is 1.09. The fraction of sp³-hybridized carbons (Fsp3) is 1.00. The predicted octanol–water partition coefficient (Wildman–Crippen LogP) is 1.04. The molecule has 0 aromatic heterocycles. The van der Waals surface area contributed by atoms with Gasteiger partial charge in [-0.1, -0.05) is 13.8 Å². The van der Waals surface area contributed by atoms with E-state index in [0.29, 0.717) is 19.8 Å². The molecule has 0 aliphatic rings. The molecule has 98 valence electrons. The topological polar surface area (TPSA) is 50.7 Å². The molecule has 0 saturated carbocycles. The van der Waals surface area contributed by atoms with Gasteiger partial charge in [0.1, 0.15) is 0 Å². The van der Waals surface area contributed by atoms with E-state index in [2.05, 4.69) is 5.32 Å². The number of methoxy groups -OCH3 is 1. The van der Waals surface area contributed by atoms with Crippen molar-refractivity contribution < 1.29 is 14.6 Å². The van der Waals surface area contributed by atoms with Crippen LogP contribution in [-0.2, 0) is 9.47 Å². The van der Waals surface area contributed by atoms with Crippen LogP contribution in [0.2, 0.25) is 0 Å². The number of nitrogens with one attached hydrogen (secondary N) is 1. The summed E-state index contributed by atoms with van der Waals surface area (Å²) in [4.78, 5) is 0. The Kier molecular flexibility index (Phi) is 8.84. The third-order valence-electron chi connectivity index (χ3n) is 2.80. The highest BCUT2D eigenvalue weighted by Crippen LogP contribution is 2.14. The number of ether oxygens (including phenoxy) is 2. The third kappa shape index (κ3) is 8.05. The Bertz CT molecular complexity index is 160. The molecule has 0 rings (SSSR count). The van der Waals surface area contributed by atoms with E-state index in [1.807, 2.05) is 20.8 Å². The first kappa shape index (κ1) is 15.8. The third-order valence-corrected chi connectivity index (χ3v) is 2.80. The Morgan fingerprint density at radius 1 is 1.25 bits per heavy atom. The highest BCUT2D eigenvalue weighted by atomic mass is 16.5. The van der Waals surface area contributed by atoms with Crippen molar-refractivity contribution in [3.05, 3.63) is 0 Å². The number of rotatable bonds is 10. The van der Waals surface area contributed by atoms with Gasteiger partial charge in [-0.3, -0.25) is 0 Å². The first-order valence-electron chi connectivity index (χ1n) is 6.00. The van der Waals surface area contributed by atoms with Gasteiger partial charge in [0.05, 0.1) is 18.8 Å². The summed E-state index contributed by atoms with van der Waals surface area (Å²) in [7, 11) is 1.67. The molecular weight excluding hydrogens is 206 g/mol. The van der Waals surface area contributed by atoms with Gasteiger partial charge >= 0.3 is 0 Å². The van der Waals surface area contributed by atoms with Crippen molar-refractivity contribution in [2.24, 2.45) is 5.92 Å². The van der Waals surface area contributed by atoms with E-state index in [4.69, 9.17) is 9.47 Å². The quantitative estimate of drug-likeness (QED) is 0.554. The van der Waals surface area contributed by atoms with Gasteiger partial charge in [-0.15, -0.1) is 0 Å². The average molecular weight is 233 g/mol. The lowest BCUT2D eigenvalue weighted by Gasteiger charge is -2.27. The summed E-state index contributed by atoms with van der Waals surface area (Å²) in [5.74, 6) is 0.262. The smallest absolute Gasteiger partial charge is 0.0766 e. The van der Waals surface area contributed by atoms with Crippen LogP contribution in [0.15, 0.2) is 0 Å². The van der Waals surface area contributed by atoms with Gasteiger partial charge in [-0.2, -0.15) is 0 Å². The van der Waals surface area contributed by atoms with Crippen LogP contribution in [0.4, 0.5) is 0 Å².